The molecule has 0 heterocycles. The van der Waals surface area contributed by atoms with Crippen molar-refractivity contribution < 1.29 is 17.6 Å². The third-order valence-electron chi connectivity index (χ3n) is 4.98. The molecule has 0 saturated carbocycles. The van der Waals surface area contributed by atoms with Gasteiger partial charge < -0.3 is 5.32 Å². The predicted molar refractivity (Wildman–Crippen MR) is 126 cm³/mol. The van der Waals surface area contributed by atoms with E-state index in [2.05, 4.69) is 21.2 Å². The van der Waals surface area contributed by atoms with Gasteiger partial charge in [0, 0.05) is 11.0 Å². The Morgan fingerprint density at radius 1 is 1.06 bits per heavy atom. The van der Waals surface area contributed by atoms with Crippen LogP contribution in [0, 0.1) is 12.7 Å². The van der Waals surface area contributed by atoms with Crippen LogP contribution in [-0.4, -0.2) is 25.2 Å². The second kappa shape index (κ2) is 10.4. The second-order valence-electron chi connectivity index (χ2n) is 7.56. The molecule has 5 nitrogen and oxygen atoms in total. The van der Waals surface area contributed by atoms with E-state index in [1.165, 1.54) is 36.4 Å². The summed E-state index contributed by atoms with van der Waals surface area (Å²) in [7, 11) is -3.96. The highest BCUT2D eigenvalue weighted by molar-refractivity contribution is 9.10. The van der Waals surface area contributed by atoms with Crippen molar-refractivity contribution in [2.24, 2.45) is 0 Å². The topological polar surface area (TPSA) is 66.5 Å². The largest absolute Gasteiger partial charge is 0.348 e. The lowest BCUT2D eigenvalue weighted by Gasteiger charge is -2.23. The van der Waals surface area contributed by atoms with Gasteiger partial charge in [-0.3, -0.25) is 4.79 Å². The zero-order valence-electron chi connectivity index (χ0n) is 17.8. The monoisotopic (exact) mass is 518 g/mol. The van der Waals surface area contributed by atoms with Crippen molar-refractivity contribution in [3.63, 3.8) is 0 Å². The van der Waals surface area contributed by atoms with Crippen LogP contribution in [0.2, 0.25) is 0 Å². The molecular weight excluding hydrogens is 495 g/mol. The van der Waals surface area contributed by atoms with E-state index in [9.17, 15) is 17.6 Å². The molecule has 168 valence electrons. The summed E-state index contributed by atoms with van der Waals surface area (Å²) in [6.45, 7) is 3.27. The van der Waals surface area contributed by atoms with Gasteiger partial charge in [-0.2, -0.15) is 4.31 Å². The fourth-order valence-electron chi connectivity index (χ4n) is 3.19. The summed E-state index contributed by atoms with van der Waals surface area (Å²) in [5, 5.41) is 2.86. The maximum Gasteiger partial charge on any atom is 0.243 e. The van der Waals surface area contributed by atoms with Gasteiger partial charge in [0.05, 0.1) is 17.5 Å². The average molecular weight is 519 g/mol. The number of carbonyl (C=O) groups excluding carboxylic acids is 1. The molecule has 0 aliphatic heterocycles. The quantitative estimate of drug-likeness (QED) is 0.458. The van der Waals surface area contributed by atoms with Gasteiger partial charge in [0.25, 0.3) is 0 Å². The summed E-state index contributed by atoms with van der Waals surface area (Å²) >= 11 is 3.41. The fraction of sp³-hybridized carbons (Fsp3) is 0.208. The number of aryl methyl sites for hydroxylation is 1. The predicted octanol–water partition coefficient (Wildman–Crippen LogP) is 4.96. The summed E-state index contributed by atoms with van der Waals surface area (Å²) in [5.74, 6) is -0.849. The maximum atomic E-state index is 13.3. The Morgan fingerprint density at radius 2 is 1.72 bits per heavy atom. The highest BCUT2D eigenvalue weighted by Crippen LogP contribution is 2.21. The number of rotatable bonds is 8. The zero-order chi connectivity index (χ0) is 23.3. The molecule has 0 bridgehead atoms. The van der Waals surface area contributed by atoms with E-state index >= 15 is 0 Å². The number of carbonyl (C=O) groups is 1. The van der Waals surface area contributed by atoms with Crippen molar-refractivity contribution in [3.8, 4) is 0 Å². The van der Waals surface area contributed by atoms with E-state index in [1.807, 2.05) is 38.1 Å². The van der Waals surface area contributed by atoms with E-state index in [0.29, 0.717) is 5.56 Å². The van der Waals surface area contributed by atoms with Gasteiger partial charge in [-0.1, -0.05) is 57.9 Å². The molecule has 3 aromatic rings. The third kappa shape index (κ3) is 6.25. The lowest BCUT2D eigenvalue weighted by molar-refractivity contribution is -0.122. The molecule has 0 radical (unpaired) electrons. The first kappa shape index (κ1) is 24.1. The number of benzene rings is 3. The van der Waals surface area contributed by atoms with Crippen LogP contribution >= 0.6 is 15.9 Å². The molecule has 0 aliphatic carbocycles. The summed E-state index contributed by atoms with van der Waals surface area (Å²) in [5.41, 5.74) is 2.39. The van der Waals surface area contributed by atoms with Crippen molar-refractivity contribution in [1.29, 1.82) is 0 Å². The Morgan fingerprint density at radius 3 is 2.34 bits per heavy atom. The number of nitrogens with one attached hydrogen (secondary N) is 1. The molecule has 1 atom stereocenters. The van der Waals surface area contributed by atoms with Gasteiger partial charge in [0.15, 0.2) is 0 Å². The van der Waals surface area contributed by atoms with Crippen LogP contribution in [-0.2, 0) is 21.4 Å². The molecule has 0 spiro atoms. The first-order valence-electron chi connectivity index (χ1n) is 10.0. The number of nitrogens with zero attached hydrogens (tertiary/aromatic N) is 1. The first-order chi connectivity index (χ1) is 15.1. The molecule has 0 aromatic heterocycles. The van der Waals surface area contributed by atoms with Crippen molar-refractivity contribution in [1.82, 2.24) is 9.62 Å². The summed E-state index contributed by atoms with van der Waals surface area (Å²) in [4.78, 5) is 12.9. The molecule has 3 rings (SSSR count). The molecule has 1 N–H and O–H groups in total. The minimum atomic E-state index is -3.96. The van der Waals surface area contributed by atoms with Gasteiger partial charge in [-0.25, -0.2) is 12.8 Å². The molecule has 0 fully saturated rings. The average Bonchev–Trinajstić information content (AvgIpc) is 2.75. The smallest absolute Gasteiger partial charge is 0.243 e. The lowest BCUT2D eigenvalue weighted by atomic mass is 10.1. The normalized spacial score (nSPS) is 12.5. The Balaban J connectivity index is 1.83. The maximum absolute atomic E-state index is 13.3. The van der Waals surface area contributed by atoms with Crippen LogP contribution in [0.15, 0.2) is 82.2 Å². The number of amides is 1. The van der Waals surface area contributed by atoms with Crippen LogP contribution < -0.4 is 5.32 Å². The Kier molecular flexibility index (Phi) is 7.82. The number of hydrogen-bond donors (Lipinski definition) is 1. The van der Waals surface area contributed by atoms with Gasteiger partial charge in [-0.15, -0.1) is 0 Å². The highest BCUT2D eigenvalue weighted by atomic mass is 79.9. The number of sulfonamides is 1. The first-order valence-corrected chi connectivity index (χ1v) is 12.2. The highest BCUT2D eigenvalue weighted by Gasteiger charge is 2.27. The Bertz CT molecular complexity index is 1180. The molecule has 0 aliphatic rings. The van der Waals surface area contributed by atoms with Gasteiger partial charge in [-0.05, 0) is 61.4 Å². The van der Waals surface area contributed by atoms with E-state index in [0.717, 1.165) is 19.9 Å². The summed E-state index contributed by atoms with van der Waals surface area (Å²) < 4.78 is 41.9. The van der Waals surface area contributed by atoms with Gasteiger partial charge >= 0.3 is 0 Å². The van der Waals surface area contributed by atoms with Crippen molar-refractivity contribution in [2.45, 2.75) is 31.3 Å². The van der Waals surface area contributed by atoms with Crippen LogP contribution in [0.25, 0.3) is 0 Å². The molecule has 0 saturated heterocycles. The minimum absolute atomic E-state index is 0.0603. The molecule has 1 amide bonds. The zero-order valence-corrected chi connectivity index (χ0v) is 20.2. The Labute approximate surface area is 196 Å². The van der Waals surface area contributed by atoms with Gasteiger partial charge in [0.1, 0.15) is 5.82 Å². The second-order valence-corrected chi connectivity index (χ2v) is 10.4. The van der Waals surface area contributed by atoms with Crippen LogP contribution in [0.1, 0.15) is 29.7 Å². The fourth-order valence-corrected chi connectivity index (χ4v) is 4.99. The Hall–Kier alpha value is -2.55. The standard InChI is InChI=1S/C24H24BrFN2O3S/c1-17-6-12-23(13-7-17)32(30,31)28(15-19-8-10-22(26)11-9-19)16-24(29)27-18(2)20-4-3-5-21(25)14-20/h3-14,18H,15-16H2,1-2H3,(H,27,29). The van der Waals surface area contributed by atoms with Crippen molar-refractivity contribution >= 4 is 31.9 Å². The van der Waals surface area contributed by atoms with E-state index in [-0.39, 0.29) is 24.0 Å². The molecular formula is C24H24BrFN2O3S. The minimum Gasteiger partial charge on any atom is -0.348 e. The molecule has 1 unspecified atom stereocenters. The van der Waals surface area contributed by atoms with E-state index < -0.39 is 21.7 Å². The van der Waals surface area contributed by atoms with Crippen LogP contribution in [0.4, 0.5) is 4.39 Å². The number of halogens is 2. The van der Waals surface area contributed by atoms with Crippen LogP contribution in [0.5, 0.6) is 0 Å². The summed E-state index contributed by atoms with van der Waals surface area (Å²) in [6.07, 6.45) is 0. The van der Waals surface area contributed by atoms with Crippen LogP contribution in [0.3, 0.4) is 0 Å². The summed E-state index contributed by atoms with van der Waals surface area (Å²) in [6, 6.07) is 19.2. The van der Waals surface area contributed by atoms with Crippen molar-refractivity contribution in [2.75, 3.05) is 6.54 Å². The van der Waals surface area contributed by atoms with Crippen molar-refractivity contribution in [3.05, 3.63) is 99.8 Å². The van der Waals surface area contributed by atoms with Gasteiger partial charge in [0.2, 0.25) is 15.9 Å². The third-order valence-corrected chi connectivity index (χ3v) is 7.28. The van der Waals surface area contributed by atoms with E-state index in [1.54, 1.807) is 12.1 Å². The van der Waals surface area contributed by atoms with E-state index in [4.69, 9.17) is 0 Å². The lowest BCUT2D eigenvalue weighted by Crippen LogP contribution is -2.41. The molecule has 32 heavy (non-hydrogen) atoms. The SMILES string of the molecule is Cc1ccc(S(=O)(=O)N(CC(=O)NC(C)c2cccc(Br)c2)Cc2ccc(F)cc2)cc1. The molecule has 3 aromatic carbocycles. The molecule has 8 heteroatoms. The number of hydrogen-bond acceptors (Lipinski definition) is 3.